The summed E-state index contributed by atoms with van der Waals surface area (Å²) in [5, 5.41) is 0. The number of morpholine rings is 2. The summed E-state index contributed by atoms with van der Waals surface area (Å²) < 4.78 is 51.8. The first-order valence-electron chi connectivity index (χ1n) is 9.59. The van der Waals surface area contributed by atoms with Gasteiger partial charge in [0.2, 0.25) is 11.9 Å². The number of hydrogen-bond donors (Lipinski definition) is 1. The van der Waals surface area contributed by atoms with E-state index in [-0.39, 0.29) is 17.3 Å². The van der Waals surface area contributed by atoms with Crippen molar-refractivity contribution in [2.75, 3.05) is 61.6 Å². The smallest absolute Gasteiger partial charge is 0.378 e. The van der Waals surface area contributed by atoms with Crippen molar-refractivity contribution in [2.45, 2.75) is 19.1 Å². The second-order valence-electron chi connectivity index (χ2n) is 7.12. The van der Waals surface area contributed by atoms with Crippen LogP contribution in [0.25, 0.3) is 11.3 Å². The molecule has 9 nitrogen and oxygen atoms in total. The standard InChI is InChI=1S/C18H22F3N7O2/c1-11-10-30-7-4-28(11)14-8-13(24-17(25-14)27-2-5-29-6-3-27)12-9-23-16(22)26-15(12)18(19,20)21/h8-9,11H,2-7,10H2,1H3,(H2,22,23,26)/t11-/m0/s1. The van der Waals surface area contributed by atoms with Gasteiger partial charge in [-0.2, -0.15) is 18.2 Å². The van der Waals surface area contributed by atoms with Gasteiger partial charge in [0.05, 0.1) is 38.2 Å². The number of nitrogens with zero attached hydrogens (tertiary/aromatic N) is 6. The van der Waals surface area contributed by atoms with E-state index in [0.29, 0.717) is 57.8 Å². The number of halogens is 3. The first kappa shape index (κ1) is 20.5. The molecule has 2 fully saturated rings. The molecule has 0 radical (unpaired) electrons. The van der Waals surface area contributed by atoms with Gasteiger partial charge in [-0.15, -0.1) is 0 Å². The van der Waals surface area contributed by atoms with Crippen LogP contribution in [0.4, 0.5) is 30.9 Å². The third-order valence-corrected chi connectivity index (χ3v) is 5.01. The second kappa shape index (κ2) is 8.19. The topological polar surface area (TPSA) is 103 Å². The molecule has 12 heteroatoms. The van der Waals surface area contributed by atoms with Gasteiger partial charge in [-0.05, 0) is 6.92 Å². The van der Waals surface area contributed by atoms with E-state index >= 15 is 0 Å². The minimum absolute atomic E-state index is 0.0174. The van der Waals surface area contributed by atoms with Crippen LogP contribution in [-0.4, -0.2) is 72.0 Å². The average Bonchev–Trinajstić information content (AvgIpc) is 2.74. The number of anilines is 3. The van der Waals surface area contributed by atoms with Crippen molar-refractivity contribution in [1.29, 1.82) is 0 Å². The molecule has 2 aliphatic rings. The van der Waals surface area contributed by atoms with Crippen LogP contribution in [0.1, 0.15) is 12.6 Å². The molecule has 2 aromatic rings. The first-order valence-corrected chi connectivity index (χ1v) is 9.59. The summed E-state index contributed by atoms with van der Waals surface area (Å²) in [6, 6.07) is 1.55. The van der Waals surface area contributed by atoms with Crippen LogP contribution >= 0.6 is 0 Å². The lowest BCUT2D eigenvalue weighted by Gasteiger charge is -2.35. The van der Waals surface area contributed by atoms with Gasteiger partial charge in [-0.25, -0.2) is 15.0 Å². The molecule has 2 saturated heterocycles. The van der Waals surface area contributed by atoms with E-state index in [0.717, 1.165) is 6.20 Å². The van der Waals surface area contributed by atoms with E-state index in [4.69, 9.17) is 15.2 Å². The molecule has 4 heterocycles. The molecule has 1 atom stereocenters. The Balaban J connectivity index is 1.84. The molecule has 0 bridgehead atoms. The molecule has 0 unspecified atom stereocenters. The predicted octanol–water partition coefficient (Wildman–Crippen LogP) is 1.60. The van der Waals surface area contributed by atoms with Gasteiger partial charge < -0.3 is 25.0 Å². The van der Waals surface area contributed by atoms with Gasteiger partial charge in [0.15, 0.2) is 5.69 Å². The van der Waals surface area contributed by atoms with Crippen LogP contribution < -0.4 is 15.5 Å². The maximum Gasteiger partial charge on any atom is 0.434 e. The Kier molecular flexibility index (Phi) is 5.60. The van der Waals surface area contributed by atoms with Crippen molar-refractivity contribution in [1.82, 2.24) is 19.9 Å². The Morgan fingerprint density at radius 3 is 2.50 bits per heavy atom. The van der Waals surface area contributed by atoms with Crippen molar-refractivity contribution in [3.8, 4) is 11.3 Å². The van der Waals surface area contributed by atoms with Crippen molar-refractivity contribution < 1.29 is 22.6 Å². The van der Waals surface area contributed by atoms with Gasteiger partial charge in [0, 0.05) is 37.5 Å². The number of ether oxygens (including phenoxy) is 2. The molecular weight excluding hydrogens is 403 g/mol. The molecule has 2 aliphatic heterocycles. The summed E-state index contributed by atoms with van der Waals surface area (Å²) in [5.41, 5.74) is 4.14. The summed E-state index contributed by atoms with van der Waals surface area (Å²) in [5.74, 6) is 0.423. The number of nitrogen functional groups attached to an aromatic ring is 1. The lowest BCUT2D eigenvalue weighted by atomic mass is 10.1. The number of aromatic nitrogens is 4. The summed E-state index contributed by atoms with van der Waals surface area (Å²) in [6.45, 7) is 5.65. The van der Waals surface area contributed by atoms with E-state index in [1.807, 2.05) is 16.7 Å². The monoisotopic (exact) mass is 425 g/mol. The van der Waals surface area contributed by atoms with Gasteiger partial charge in [0.25, 0.3) is 0 Å². The molecule has 4 rings (SSSR count). The SMILES string of the molecule is C[C@H]1COCCN1c1cc(-c2cnc(N)nc2C(F)(F)F)nc(N2CCOCC2)n1. The summed E-state index contributed by atoms with van der Waals surface area (Å²) >= 11 is 0. The molecule has 0 spiro atoms. The minimum atomic E-state index is -4.71. The molecule has 0 amide bonds. The van der Waals surface area contributed by atoms with Crippen LogP contribution in [0.3, 0.4) is 0 Å². The molecule has 0 aliphatic carbocycles. The highest BCUT2D eigenvalue weighted by Crippen LogP contribution is 2.36. The molecule has 0 aromatic carbocycles. The Morgan fingerprint density at radius 2 is 1.80 bits per heavy atom. The number of rotatable bonds is 3. The summed E-state index contributed by atoms with van der Waals surface area (Å²) in [7, 11) is 0. The molecule has 30 heavy (non-hydrogen) atoms. The molecule has 162 valence electrons. The zero-order valence-electron chi connectivity index (χ0n) is 16.4. The van der Waals surface area contributed by atoms with E-state index in [1.165, 1.54) is 6.07 Å². The zero-order valence-corrected chi connectivity index (χ0v) is 16.4. The highest BCUT2D eigenvalue weighted by atomic mass is 19.4. The fraction of sp³-hybridized carbons (Fsp3) is 0.556. The second-order valence-corrected chi connectivity index (χ2v) is 7.12. The Labute approximate surface area is 171 Å². The third kappa shape index (κ3) is 4.24. The minimum Gasteiger partial charge on any atom is -0.378 e. The Hall–Kier alpha value is -2.73. The van der Waals surface area contributed by atoms with Crippen LogP contribution in [0.5, 0.6) is 0 Å². The molecular formula is C18H22F3N7O2. The zero-order chi connectivity index (χ0) is 21.3. The fourth-order valence-corrected chi connectivity index (χ4v) is 3.48. The maximum atomic E-state index is 13.6. The van der Waals surface area contributed by atoms with Gasteiger partial charge in [0.1, 0.15) is 5.82 Å². The van der Waals surface area contributed by atoms with Crippen molar-refractivity contribution in [3.05, 3.63) is 18.0 Å². The average molecular weight is 425 g/mol. The largest absolute Gasteiger partial charge is 0.434 e. The highest BCUT2D eigenvalue weighted by molar-refractivity contribution is 5.67. The Morgan fingerprint density at radius 1 is 1.07 bits per heavy atom. The van der Waals surface area contributed by atoms with Gasteiger partial charge in [-0.3, -0.25) is 0 Å². The fourth-order valence-electron chi connectivity index (χ4n) is 3.48. The summed E-state index contributed by atoms with van der Waals surface area (Å²) in [6.07, 6.45) is -3.65. The molecule has 2 N–H and O–H groups in total. The van der Waals surface area contributed by atoms with Crippen molar-refractivity contribution >= 4 is 17.7 Å². The molecule has 2 aromatic heterocycles. The normalized spacial score (nSPS) is 20.5. The van der Waals surface area contributed by atoms with Crippen LogP contribution in [0.2, 0.25) is 0 Å². The van der Waals surface area contributed by atoms with E-state index in [9.17, 15) is 13.2 Å². The first-order chi connectivity index (χ1) is 14.3. The van der Waals surface area contributed by atoms with Crippen LogP contribution in [0, 0.1) is 0 Å². The van der Waals surface area contributed by atoms with Gasteiger partial charge in [-0.1, -0.05) is 0 Å². The Bertz CT molecular complexity index is 906. The van der Waals surface area contributed by atoms with Crippen molar-refractivity contribution in [2.24, 2.45) is 0 Å². The lowest BCUT2D eigenvalue weighted by Crippen LogP contribution is -2.44. The van der Waals surface area contributed by atoms with E-state index < -0.39 is 17.8 Å². The van der Waals surface area contributed by atoms with E-state index in [2.05, 4.69) is 19.9 Å². The maximum absolute atomic E-state index is 13.6. The number of nitrogens with two attached hydrogens (primary N) is 1. The van der Waals surface area contributed by atoms with E-state index in [1.54, 1.807) is 0 Å². The summed E-state index contributed by atoms with van der Waals surface area (Å²) in [4.78, 5) is 20.2. The quantitative estimate of drug-likeness (QED) is 0.785. The number of alkyl halides is 3. The van der Waals surface area contributed by atoms with Crippen LogP contribution in [0.15, 0.2) is 12.3 Å². The van der Waals surface area contributed by atoms with Gasteiger partial charge >= 0.3 is 6.18 Å². The van der Waals surface area contributed by atoms with Crippen molar-refractivity contribution in [3.63, 3.8) is 0 Å². The van der Waals surface area contributed by atoms with Crippen LogP contribution in [-0.2, 0) is 15.7 Å². The predicted molar refractivity (Wildman–Crippen MR) is 103 cm³/mol. The lowest BCUT2D eigenvalue weighted by molar-refractivity contribution is -0.140. The third-order valence-electron chi connectivity index (χ3n) is 5.01. The highest BCUT2D eigenvalue weighted by Gasteiger charge is 2.37. The molecule has 0 saturated carbocycles. The number of hydrogen-bond acceptors (Lipinski definition) is 9.